The van der Waals surface area contributed by atoms with Crippen molar-refractivity contribution < 1.29 is 65.8 Å². The first-order valence-corrected chi connectivity index (χ1v) is 14.4. The lowest BCUT2D eigenvalue weighted by molar-refractivity contribution is -0.141. The average Bonchev–Trinajstić information content (AvgIpc) is 3.09. The van der Waals surface area contributed by atoms with Gasteiger partial charge in [-0.3, -0.25) is 23.7 Å². The quantitative estimate of drug-likeness (QED) is 0.0811. The molecule has 208 valence electrons. The van der Waals surface area contributed by atoms with Crippen molar-refractivity contribution in [3.8, 4) is 11.8 Å². The van der Waals surface area contributed by atoms with Gasteiger partial charge in [0.05, 0.1) is 19.1 Å². The highest BCUT2D eigenvalue weighted by Crippen LogP contribution is 2.66. The number of aromatic amines is 1. The van der Waals surface area contributed by atoms with E-state index in [1.165, 1.54) is 0 Å². The fourth-order valence-corrected chi connectivity index (χ4v) is 5.76. The SMILES string of the molecule is NCCC(=O)OCC#Cc1cn(C2CC(O)C(COP(=O)(O)OP(=O)(O)OP(=O)(O)O)O2)c(=O)[nH]c1=O. The number of nitrogens with zero attached hydrogens (tertiary/aromatic N) is 1. The highest BCUT2D eigenvalue weighted by molar-refractivity contribution is 7.66. The molecule has 2 rings (SSSR count). The van der Waals surface area contributed by atoms with Gasteiger partial charge in [-0.25, -0.2) is 18.5 Å². The monoisotopic (exact) mass is 593 g/mol. The van der Waals surface area contributed by atoms with Gasteiger partial charge in [0.25, 0.3) is 5.56 Å². The van der Waals surface area contributed by atoms with E-state index in [-0.39, 0.29) is 31.6 Å². The average molecular weight is 593 g/mol. The Morgan fingerprint density at radius 2 is 1.86 bits per heavy atom. The maximum atomic E-state index is 12.2. The van der Waals surface area contributed by atoms with Crippen molar-refractivity contribution in [2.75, 3.05) is 19.8 Å². The number of phosphoric ester groups is 1. The molecule has 0 spiro atoms. The van der Waals surface area contributed by atoms with Gasteiger partial charge < -0.3 is 39.9 Å². The Morgan fingerprint density at radius 3 is 2.49 bits per heavy atom. The van der Waals surface area contributed by atoms with E-state index in [1.54, 1.807) is 0 Å². The summed E-state index contributed by atoms with van der Waals surface area (Å²) in [7, 11) is -16.8. The van der Waals surface area contributed by atoms with E-state index in [2.05, 4.69) is 25.0 Å². The number of aliphatic hydroxyl groups is 1. The number of nitrogens with two attached hydrogens (primary N) is 1. The molecule has 19 nitrogen and oxygen atoms in total. The normalized spacial score (nSPS) is 22.9. The van der Waals surface area contributed by atoms with Crippen LogP contribution in [0.4, 0.5) is 0 Å². The molecule has 0 aromatic carbocycles. The highest BCUT2D eigenvalue weighted by Gasteiger charge is 2.43. The van der Waals surface area contributed by atoms with Gasteiger partial charge in [0.1, 0.15) is 17.9 Å². The number of phosphoric acid groups is 3. The molecule has 0 saturated carbocycles. The number of ether oxygens (including phenoxy) is 2. The van der Waals surface area contributed by atoms with Crippen molar-refractivity contribution >= 4 is 29.4 Å². The summed E-state index contributed by atoms with van der Waals surface area (Å²) in [6.07, 6.45) is -3.40. The van der Waals surface area contributed by atoms with Crippen LogP contribution < -0.4 is 17.0 Å². The van der Waals surface area contributed by atoms with Gasteiger partial charge >= 0.3 is 35.1 Å². The Hall–Kier alpha value is -2.00. The Morgan fingerprint density at radius 1 is 1.19 bits per heavy atom. The molecule has 5 atom stereocenters. The summed E-state index contributed by atoms with van der Waals surface area (Å²) in [5, 5.41) is 10.2. The third kappa shape index (κ3) is 10.3. The van der Waals surface area contributed by atoms with Crippen LogP contribution in [0, 0.1) is 11.8 Å². The van der Waals surface area contributed by atoms with Crippen LogP contribution in [0.1, 0.15) is 24.6 Å². The van der Waals surface area contributed by atoms with E-state index in [1.807, 2.05) is 4.98 Å². The third-order valence-corrected chi connectivity index (χ3v) is 7.98. The number of H-pyrrole nitrogens is 1. The fraction of sp³-hybridized carbons (Fsp3) is 0.533. The number of nitrogens with one attached hydrogen (secondary N) is 1. The topological polar surface area (TPSA) is 296 Å². The van der Waals surface area contributed by atoms with Gasteiger partial charge in [-0.15, -0.1) is 0 Å². The highest BCUT2D eigenvalue weighted by atomic mass is 31.3. The van der Waals surface area contributed by atoms with E-state index in [0.29, 0.717) is 0 Å². The first-order chi connectivity index (χ1) is 17.0. The summed E-state index contributed by atoms with van der Waals surface area (Å²) in [6.45, 7) is -1.24. The number of aromatic nitrogens is 2. The molecular formula is C15H22N3O16P3. The summed E-state index contributed by atoms with van der Waals surface area (Å²) in [4.78, 5) is 73.1. The molecule has 0 amide bonds. The fourth-order valence-electron chi connectivity index (χ4n) is 2.73. The lowest BCUT2D eigenvalue weighted by atomic mass is 10.2. The Bertz CT molecular complexity index is 1310. The van der Waals surface area contributed by atoms with Crippen LogP contribution in [0.25, 0.3) is 0 Å². The second-order valence-electron chi connectivity index (χ2n) is 7.03. The Kier molecular flexibility index (Phi) is 10.7. The van der Waals surface area contributed by atoms with Crippen molar-refractivity contribution in [3.63, 3.8) is 0 Å². The molecule has 0 bridgehead atoms. The maximum Gasteiger partial charge on any atom is 0.490 e. The number of rotatable bonds is 11. The minimum absolute atomic E-state index is 0.0300. The first-order valence-electron chi connectivity index (χ1n) is 9.84. The lowest BCUT2D eigenvalue weighted by Crippen LogP contribution is -2.33. The standard InChI is InChI=1S/C15H22N3O16P3/c16-4-3-13(20)30-5-1-2-9-7-18(15(22)17-14(9)21)12-6-10(19)11(32-12)8-31-36(26,27)34-37(28,29)33-35(23,24)25/h7,10-12,19H,3-6,8,16H2,(H,26,27)(H,28,29)(H,17,21,22)(H2,23,24,25). The predicted molar refractivity (Wildman–Crippen MR) is 117 cm³/mol. The molecule has 0 aliphatic carbocycles. The largest absolute Gasteiger partial charge is 0.490 e. The van der Waals surface area contributed by atoms with E-state index in [9.17, 15) is 38.1 Å². The van der Waals surface area contributed by atoms with Crippen molar-refractivity contribution in [2.24, 2.45) is 5.73 Å². The predicted octanol–water partition coefficient (Wildman–Crippen LogP) is -2.23. The molecule has 1 saturated heterocycles. The molecule has 1 aliphatic heterocycles. The van der Waals surface area contributed by atoms with Crippen LogP contribution in [0.2, 0.25) is 0 Å². The molecule has 22 heteroatoms. The van der Waals surface area contributed by atoms with Crippen LogP contribution >= 0.6 is 23.5 Å². The zero-order chi connectivity index (χ0) is 28.0. The van der Waals surface area contributed by atoms with Gasteiger partial charge in [0.15, 0.2) is 6.61 Å². The number of hydrogen-bond donors (Lipinski definition) is 7. The molecule has 5 unspecified atom stereocenters. The number of carbonyl (C=O) groups excluding carboxylic acids is 1. The van der Waals surface area contributed by atoms with Crippen LogP contribution in [0.3, 0.4) is 0 Å². The van der Waals surface area contributed by atoms with Gasteiger partial charge in [-0.1, -0.05) is 11.8 Å². The smallest absolute Gasteiger partial charge is 0.452 e. The number of hydrogen-bond acceptors (Lipinski definition) is 13. The molecule has 1 aromatic rings. The van der Waals surface area contributed by atoms with E-state index in [0.717, 1.165) is 10.8 Å². The van der Waals surface area contributed by atoms with Gasteiger partial charge in [-0.05, 0) is 0 Å². The molecule has 8 N–H and O–H groups in total. The van der Waals surface area contributed by atoms with Gasteiger partial charge in [-0.2, -0.15) is 8.62 Å². The minimum atomic E-state index is -5.74. The van der Waals surface area contributed by atoms with Crippen LogP contribution in [0.15, 0.2) is 15.8 Å². The zero-order valence-electron chi connectivity index (χ0n) is 18.4. The van der Waals surface area contributed by atoms with Crippen molar-refractivity contribution in [2.45, 2.75) is 31.3 Å². The number of aliphatic hydroxyl groups excluding tert-OH is 1. The van der Waals surface area contributed by atoms with Crippen molar-refractivity contribution in [1.29, 1.82) is 0 Å². The minimum Gasteiger partial charge on any atom is -0.452 e. The second-order valence-corrected chi connectivity index (χ2v) is 11.4. The molecule has 1 fully saturated rings. The maximum absolute atomic E-state index is 12.2. The molecule has 0 radical (unpaired) electrons. The second kappa shape index (κ2) is 12.7. The molecule has 2 heterocycles. The molecule has 37 heavy (non-hydrogen) atoms. The van der Waals surface area contributed by atoms with Crippen molar-refractivity contribution in [3.05, 3.63) is 32.6 Å². The van der Waals surface area contributed by atoms with Crippen LogP contribution in [-0.4, -0.2) is 72.2 Å². The summed E-state index contributed by atoms with van der Waals surface area (Å²) in [6, 6.07) is 0. The van der Waals surface area contributed by atoms with Gasteiger partial charge in [0.2, 0.25) is 0 Å². The van der Waals surface area contributed by atoms with E-state index < -0.39 is 65.7 Å². The summed E-state index contributed by atoms with van der Waals surface area (Å²) >= 11 is 0. The first kappa shape index (κ1) is 31.2. The van der Waals surface area contributed by atoms with Crippen LogP contribution in [0.5, 0.6) is 0 Å². The molecule has 1 aliphatic rings. The summed E-state index contributed by atoms with van der Waals surface area (Å²) in [5.74, 6) is 4.19. The van der Waals surface area contributed by atoms with Crippen LogP contribution in [-0.2, 0) is 41.1 Å². The summed E-state index contributed by atoms with van der Waals surface area (Å²) in [5.41, 5.74) is 3.14. The Labute approximate surface area is 206 Å². The number of carbonyl (C=O) groups is 1. The molecule has 1 aromatic heterocycles. The van der Waals surface area contributed by atoms with Crippen molar-refractivity contribution in [1.82, 2.24) is 9.55 Å². The number of esters is 1. The zero-order valence-corrected chi connectivity index (χ0v) is 21.1. The van der Waals surface area contributed by atoms with E-state index in [4.69, 9.17) is 29.9 Å². The summed E-state index contributed by atoms with van der Waals surface area (Å²) < 4.78 is 56.4. The third-order valence-electron chi connectivity index (χ3n) is 4.18. The molecular weight excluding hydrogens is 571 g/mol. The lowest BCUT2D eigenvalue weighted by Gasteiger charge is -2.19. The van der Waals surface area contributed by atoms with Gasteiger partial charge in [0, 0.05) is 19.2 Å². The Balaban J connectivity index is 2.07. The van der Waals surface area contributed by atoms with E-state index >= 15 is 0 Å².